The molecule has 1 saturated carbocycles. The van der Waals surface area contributed by atoms with Crippen LogP contribution >= 0.6 is 0 Å². The second-order valence-electron chi connectivity index (χ2n) is 8.11. The van der Waals surface area contributed by atoms with Crippen molar-refractivity contribution in [2.45, 2.75) is 25.7 Å². The van der Waals surface area contributed by atoms with Gasteiger partial charge in [-0.1, -0.05) is 6.42 Å². The van der Waals surface area contributed by atoms with Crippen molar-refractivity contribution in [2.75, 3.05) is 63.2 Å². The second kappa shape index (κ2) is 11.1. The molecule has 9 heteroatoms. The first-order chi connectivity index (χ1) is 15.0. The Bertz CT molecular complexity index is 788. The lowest BCUT2D eigenvalue weighted by Gasteiger charge is -2.36. The molecule has 1 aliphatic heterocycles. The lowest BCUT2D eigenvalue weighted by atomic mass is 9.85. The molecule has 0 bridgehead atoms. The quantitative estimate of drug-likeness (QED) is 0.479. The lowest BCUT2D eigenvalue weighted by molar-refractivity contribution is -0.123. The Morgan fingerprint density at radius 3 is 2.52 bits per heavy atom. The Morgan fingerprint density at radius 2 is 1.90 bits per heavy atom. The Hall–Kier alpha value is -2.65. The number of rotatable bonds is 10. The summed E-state index contributed by atoms with van der Waals surface area (Å²) < 4.78 is 4.97. The van der Waals surface area contributed by atoms with E-state index < -0.39 is 5.97 Å². The summed E-state index contributed by atoms with van der Waals surface area (Å²) in [6.45, 7) is 4.41. The van der Waals surface area contributed by atoms with Crippen LogP contribution in [0.4, 0.5) is 11.4 Å². The van der Waals surface area contributed by atoms with E-state index in [-0.39, 0.29) is 23.3 Å². The van der Waals surface area contributed by atoms with Gasteiger partial charge in [-0.25, -0.2) is 4.79 Å². The molecule has 0 aromatic heterocycles. The van der Waals surface area contributed by atoms with E-state index >= 15 is 0 Å². The van der Waals surface area contributed by atoms with Crippen molar-refractivity contribution in [1.29, 1.82) is 0 Å². The van der Waals surface area contributed by atoms with Crippen molar-refractivity contribution in [3.05, 3.63) is 23.8 Å². The number of anilines is 2. The molecule has 3 rings (SSSR count). The summed E-state index contributed by atoms with van der Waals surface area (Å²) in [6.07, 6.45) is 3.56. The molecular weight excluding hydrogens is 400 g/mol. The average Bonchev–Trinajstić information content (AvgIpc) is 2.70. The van der Waals surface area contributed by atoms with Crippen molar-refractivity contribution >= 4 is 29.2 Å². The van der Waals surface area contributed by atoms with Gasteiger partial charge in [-0.3, -0.25) is 14.5 Å². The fourth-order valence-electron chi connectivity index (χ4n) is 3.79. The normalized spacial score (nSPS) is 17.1. The van der Waals surface area contributed by atoms with E-state index in [1.165, 1.54) is 0 Å². The van der Waals surface area contributed by atoms with Crippen LogP contribution in [0.3, 0.4) is 0 Å². The number of benzene rings is 1. The molecule has 1 aromatic carbocycles. The molecule has 0 radical (unpaired) electrons. The zero-order chi connectivity index (χ0) is 22.2. The Labute approximate surface area is 182 Å². The molecule has 2 aliphatic rings. The van der Waals surface area contributed by atoms with E-state index in [2.05, 4.69) is 20.4 Å². The number of hydrogen-bond donors (Lipinski definition) is 3. The zero-order valence-corrected chi connectivity index (χ0v) is 18.1. The molecule has 2 amide bonds. The minimum Gasteiger partial charge on any atom is -0.478 e. The number of nitrogens with zero attached hydrogens (tertiary/aromatic N) is 2. The van der Waals surface area contributed by atoms with Crippen LogP contribution in [0.1, 0.15) is 36.0 Å². The maximum Gasteiger partial charge on any atom is 0.337 e. The van der Waals surface area contributed by atoms with E-state index in [9.17, 15) is 19.5 Å². The Morgan fingerprint density at radius 1 is 1.16 bits per heavy atom. The number of piperazine rings is 1. The fraction of sp³-hybridized carbons (Fsp3) is 0.591. The second-order valence-corrected chi connectivity index (χ2v) is 8.11. The van der Waals surface area contributed by atoms with Gasteiger partial charge in [0.15, 0.2) is 0 Å². The maximum atomic E-state index is 12.2. The van der Waals surface area contributed by atoms with Gasteiger partial charge in [-0.2, -0.15) is 0 Å². The van der Waals surface area contributed by atoms with Crippen molar-refractivity contribution in [3.63, 3.8) is 0 Å². The molecule has 170 valence electrons. The van der Waals surface area contributed by atoms with Crippen LogP contribution in [0.25, 0.3) is 0 Å². The van der Waals surface area contributed by atoms with Crippen LogP contribution in [0.5, 0.6) is 0 Å². The molecule has 1 saturated heterocycles. The van der Waals surface area contributed by atoms with Crippen molar-refractivity contribution < 1.29 is 24.2 Å². The summed E-state index contributed by atoms with van der Waals surface area (Å²) in [5.41, 5.74) is 1.25. The topological polar surface area (TPSA) is 111 Å². The molecular formula is C22H32N4O5. The molecule has 2 fully saturated rings. The molecule has 31 heavy (non-hydrogen) atoms. The van der Waals surface area contributed by atoms with Gasteiger partial charge in [-0.05, 0) is 37.5 Å². The van der Waals surface area contributed by atoms with Crippen LogP contribution in [0, 0.1) is 5.92 Å². The van der Waals surface area contributed by atoms with Gasteiger partial charge in [0.05, 0.1) is 17.8 Å². The van der Waals surface area contributed by atoms with Crippen LogP contribution < -0.4 is 15.5 Å². The third kappa shape index (κ3) is 6.41. The number of carbonyl (C=O) groups is 3. The van der Waals surface area contributed by atoms with Gasteiger partial charge < -0.3 is 25.4 Å². The molecule has 0 unspecified atom stereocenters. The number of nitrogens with one attached hydrogen (secondary N) is 2. The summed E-state index contributed by atoms with van der Waals surface area (Å²) >= 11 is 0. The van der Waals surface area contributed by atoms with Crippen molar-refractivity contribution in [1.82, 2.24) is 10.2 Å². The van der Waals surface area contributed by atoms with Crippen LogP contribution in [0.15, 0.2) is 18.2 Å². The highest BCUT2D eigenvalue weighted by molar-refractivity contribution is 6.02. The molecule has 1 heterocycles. The van der Waals surface area contributed by atoms with E-state index in [1.54, 1.807) is 19.2 Å². The van der Waals surface area contributed by atoms with Crippen molar-refractivity contribution in [2.24, 2.45) is 5.92 Å². The fourth-order valence-corrected chi connectivity index (χ4v) is 3.79. The maximum absolute atomic E-state index is 12.2. The van der Waals surface area contributed by atoms with E-state index in [0.29, 0.717) is 51.6 Å². The molecule has 3 N–H and O–H groups in total. The van der Waals surface area contributed by atoms with Gasteiger partial charge in [0.1, 0.15) is 0 Å². The first kappa shape index (κ1) is 23.0. The predicted octanol–water partition coefficient (Wildman–Crippen LogP) is 1.40. The number of methoxy groups -OCH3 is 1. The highest BCUT2D eigenvalue weighted by Crippen LogP contribution is 2.29. The van der Waals surface area contributed by atoms with E-state index in [0.717, 1.165) is 31.4 Å². The summed E-state index contributed by atoms with van der Waals surface area (Å²) in [7, 11) is 1.64. The highest BCUT2D eigenvalue weighted by Gasteiger charge is 2.27. The summed E-state index contributed by atoms with van der Waals surface area (Å²) in [4.78, 5) is 40.2. The first-order valence-electron chi connectivity index (χ1n) is 10.9. The van der Waals surface area contributed by atoms with Crippen LogP contribution in [0.2, 0.25) is 0 Å². The summed E-state index contributed by atoms with van der Waals surface area (Å²) in [6, 6.07) is 5.15. The minimum atomic E-state index is -1.06. The number of carboxylic acids is 1. The lowest BCUT2D eigenvalue weighted by Crippen LogP contribution is -2.49. The zero-order valence-electron chi connectivity index (χ0n) is 18.1. The van der Waals surface area contributed by atoms with E-state index in [1.807, 2.05) is 6.07 Å². The van der Waals surface area contributed by atoms with Gasteiger partial charge in [-0.15, -0.1) is 0 Å². The average molecular weight is 433 g/mol. The van der Waals surface area contributed by atoms with Crippen LogP contribution in [-0.4, -0.2) is 80.8 Å². The van der Waals surface area contributed by atoms with Gasteiger partial charge in [0.25, 0.3) is 0 Å². The Kier molecular flexibility index (Phi) is 8.25. The smallest absolute Gasteiger partial charge is 0.337 e. The third-order valence-corrected chi connectivity index (χ3v) is 5.92. The van der Waals surface area contributed by atoms with Crippen molar-refractivity contribution in [3.8, 4) is 0 Å². The minimum absolute atomic E-state index is 0.00396. The Balaban J connectivity index is 1.52. The van der Waals surface area contributed by atoms with Gasteiger partial charge in [0, 0.05) is 58.0 Å². The van der Waals surface area contributed by atoms with Gasteiger partial charge in [0.2, 0.25) is 11.8 Å². The standard InChI is InChI=1S/C22H32N4O5/c1-31-13-3-8-23-20(27)15-25-9-11-26(12-10-25)17-6-7-19(18(14-17)22(29)30)24-21(28)16-4-2-5-16/h6-7,14,16H,2-5,8-13,15H2,1H3,(H,23,27)(H,24,28)(H,29,30). The predicted molar refractivity (Wildman–Crippen MR) is 118 cm³/mol. The van der Waals surface area contributed by atoms with E-state index in [4.69, 9.17) is 4.74 Å². The number of hydrogen-bond acceptors (Lipinski definition) is 6. The molecule has 9 nitrogen and oxygen atoms in total. The molecule has 0 spiro atoms. The first-order valence-corrected chi connectivity index (χ1v) is 10.9. The number of ether oxygens (including phenoxy) is 1. The number of amides is 2. The number of aromatic carboxylic acids is 1. The largest absolute Gasteiger partial charge is 0.478 e. The number of carbonyl (C=O) groups excluding carboxylic acids is 2. The summed E-state index contributed by atoms with van der Waals surface area (Å²) in [5.74, 6) is -1.17. The van der Waals surface area contributed by atoms with Gasteiger partial charge >= 0.3 is 5.97 Å². The molecule has 1 aromatic rings. The number of carboxylic acid groups (broad SMARTS) is 1. The molecule has 1 aliphatic carbocycles. The highest BCUT2D eigenvalue weighted by atomic mass is 16.5. The summed E-state index contributed by atoms with van der Waals surface area (Å²) in [5, 5.41) is 15.3. The van der Waals surface area contributed by atoms with Crippen LogP contribution in [-0.2, 0) is 14.3 Å². The third-order valence-electron chi connectivity index (χ3n) is 5.92. The SMILES string of the molecule is COCCCNC(=O)CN1CCN(c2ccc(NC(=O)C3CCC3)c(C(=O)O)c2)CC1. The monoisotopic (exact) mass is 432 g/mol. The molecule has 0 atom stereocenters.